The Morgan fingerprint density at radius 1 is 1.15 bits per heavy atom. The van der Waals surface area contributed by atoms with Gasteiger partial charge >= 0.3 is 0 Å². The zero-order valence-corrected chi connectivity index (χ0v) is 13.2. The second-order valence-electron chi connectivity index (χ2n) is 4.68. The van der Waals surface area contributed by atoms with Crippen LogP contribution in [0.1, 0.15) is 18.7 Å². The van der Waals surface area contributed by atoms with Gasteiger partial charge in [-0.05, 0) is 53.2 Å². The van der Waals surface area contributed by atoms with Crippen LogP contribution in [0.15, 0.2) is 57.4 Å². The summed E-state index contributed by atoms with van der Waals surface area (Å²) in [6, 6.07) is 15.8. The van der Waals surface area contributed by atoms with Crippen molar-refractivity contribution >= 4 is 44.2 Å². The summed E-state index contributed by atoms with van der Waals surface area (Å²) in [5.41, 5.74) is 1.85. The molecule has 3 aromatic rings. The average Bonchev–Trinajstić information content (AvgIpc) is 2.87. The zero-order chi connectivity index (χ0) is 14.1. The van der Waals surface area contributed by atoms with Crippen molar-refractivity contribution in [2.75, 3.05) is 5.32 Å². The number of fused-ring (bicyclic) bond motifs is 1. The van der Waals surface area contributed by atoms with Gasteiger partial charge in [0.2, 0.25) is 0 Å². The van der Waals surface area contributed by atoms with Crippen molar-refractivity contribution < 1.29 is 4.42 Å². The smallest absolute Gasteiger partial charge is 0.134 e. The lowest BCUT2D eigenvalue weighted by Gasteiger charge is -2.14. The molecule has 2 nitrogen and oxygen atoms in total. The summed E-state index contributed by atoms with van der Waals surface area (Å²) in [5, 5.41) is 5.22. The molecule has 1 aromatic heterocycles. The van der Waals surface area contributed by atoms with Gasteiger partial charge in [0.05, 0.1) is 11.7 Å². The number of benzene rings is 2. The summed E-state index contributed by atoms with van der Waals surface area (Å²) in [6.45, 7) is 2.06. The van der Waals surface area contributed by atoms with Crippen molar-refractivity contribution in [3.63, 3.8) is 0 Å². The first-order chi connectivity index (χ1) is 9.63. The predicted octanol–water partition coefficient (Wildman–Crippen LogP) is 6.02. The quantitative estimate of drug-likeness (QED) is 0.624. The number of halogens is 2. The van der Waals surface area contributed by atoms with Gasteiger partial charge in [-0.1, -0.05) is 29.8 Å². The van der Waals surface area contributed by atoms with Crippen molar-refractivity contribution in [1.29, 1.82) is 0 Å². The Bertz CT molecular complexity index is 720. The van der Waals surface area contributed by atoms with Crippen LogP contribution in [0, 0.1) is 0 Å². The SMILES string of the molecule is CC(Nc1cc(Cl)ccc1Br)c1cc2ccccc2o1. The Morgan fingerprint density at radius 3 is 2.75 bits per heavy atom. The summed E-state index contributed by atoms with van der Waals surface area (Å²) < 4.78 is 6.84. The predicted molar refractivity (Wildman–Crippen MR) is 87.4 cm³/mol. The minimum absolute atomic E-state index is 0.0529. The number of hydrogen-bond donors (Lipinski definition) is 1. The van der Waals surface area contributed by atoms with Crippen LogP contribution in [0.5, 0.6) is 0 Å². The third-order valence-electron chi connectivity index (χ3n) is 3.17. The Hall–Kier alpha value is -1.45. The van der Waals surface area contributed by atoms with Crippen molar-refractivity contribution in [2.45, 2.75) is 13.0 Å². The first-order valence-corrected chi connectivity index (χ1v) is 7.50. The van der Waals surface area contributed by atoms with Gasteiger partial charge in [-0.25, -0.2) is 0 Å². The molecular weight excluding hydrogens is 338 g/mol. The summed E-state index contributed by atoms with van der Waals surface area (Å²) in [6.07, 6.45) is 0. The van der Waals surface area contributed by atoms with Gasteiger partial charge in [-0.15, -0.1) is 0 Å². The molecule has 20 heavy (non-hydrogen) atoms. The fourth-order valence-electron chi connectivity index (χ4n) is 2.13. The number of para-hydroxylation sites is 1. The zero-order valence-electron chi connectivity index (χ0n) is 10.9. The molecule has 0 fully saturated rings. The van der Waals surface area contributed by atoms with E-state index >= 15 is 0 Å². The molecule has 0 spiro atoms. The van der Waals surface area contributed by atoms with Gasteiger partial charge < -0.3 is 9.73 Å². The molecule has 1 N–H and O–H groups in total. The van der Waals surface area contributed by atoms with E-state index in [1.807, 2.05) is 42.5 Å². The van der Waals surface area contributed by atoms with E-state index in [-0.39, 0.29) is 6.04 Å². The topological polar surface area (TPSA) is 25.2 Å². The number of hydrogen-bond acceptors (Lipinski definition) is 2. The van der Waals surface area contributed by atoms with E-state index in [2.05, 4.69) is 34.2 Å². The van der Waals surface area contributed by atoms with E-state index in [9.17, 15) is 0 Å². The van der Waals surface area contributed by atoms with E-state index in [1.54, 1.807) is 0 Å². The second-order valence-corrected chi connectivity index (χ2v) is 5.97. The third-order valence-corrected chi connectivity index (χ3v) is 4.10. The maximum Gasteiger partial charge on any atom is 0.134 e. The van der Waals surface area contributed by atoms with E-state index in [4.69, 9.17) is 16.0 Å². The normalized spacial score (nSPS) is 12.6. The van der Waals surface area contributed by atoms with Gasteiger partial charge in [-0.2, -0.15) is 0 Å². The van der Waals surface area contributed by atoms with Crippen LogP contribution >= 0.6 is 27.5 Å². The van der Waals surface area contributed by atoms with E-state index < -0.39 is 0 Å². The molecule has 1 atom stereocenters. The van der Waals surface area contributed by atoms with E-state index in [0.717, 1.165) is 26.9 Å². The number of furan rings is 1. The van der Waals surface area contributed by atoms with Crippen LogP contribution in [0.3, 0.4) is 0 Å². The molecule has 0 bridgehead atoms. The van der Waals surface area contributed by atoms with Gasteiger partial charge in [0.25, 0.3) is 0 Å². The Labute approximate surface area is 130 Å². The molecule has 3 rings (SSSR count). The van der Waals surface area contributed by atoms with E-state index in [0.29, 0.717) is 5.02 Å². The molecule has 0 saturated heterocycles. The summed E-state index contributed by atoms with van der Waals surface area (Å²) in [4.78, 5) is 0. The molecule has 1 heterocycles. The van der Waals surface area contributed by atoms with Gasteiger partial charge in [0, 0.05) is 14.9 Å². The summed E-state index contributed by atoms with van der Waals surface area (Å²) in [7, 11) is 0. The maximum absolute atomic E-state index is 6.03. The highest BCUT2D eigenvalue weighted by molar-refractivity contribution is 9.10. The maximum atomic E-state index is 6.03. The Kier molecular flexibility index (Phi) is 3.72. The molecular formula is C16H13BrClNO. The number of anilines is 1. The summed E-state index contributed by atoms with van der Waals surface area (Å²) in [5.74, 6) is 0.901. The van der Waals surface area contributed by atoms with Crippen LogP contribution < -0.4 is 5.32 Å². The van der Waals surface area contributed by atoms with Crippen LogP contribution in [0.2, 0.25) is 5.02 Å². The number of nitrogens with one attached hydrogen (secondary N) is 1. The van der Waals surface area contributed by atoms with Crippen LogP contribution in [-0.4, -0.2) is 0 Å². The van der Waals surface area contributed by atoms with Crippen molar-refractivity contribution in [2.24, 2.45) is 0 Å². The molecule has 1 unspecified atom stereocenters. The van der Waals surface area contributed by atoms with Gasteiger partial charge in [0.15, 0.2) is 0 Å². The minimum Gasteiger partial charge on any atom is -0.459 e. The molecule has 0 aliphatic rings. The molecule has 0 amide bonds. The highest BCUT2D eigenvalue weighted by Gasteiger charge is 2.12. The molecule has 0 aliphatic heterocycles. The fraction of sp³-hybridized carbons (Fsp3) is 0.125. The molecule has 2 aromatic carbocycles. The average molecular weight is 351 g/mol. The first-order valence-electron chi connectivity index (χ1n) is 6.33. The Morgan fingerprint density at radius 2 is 1.95 bits per heavy atom. The van der Waals surface area contributed by atoms with Gasteiger partial charge in [-0.3, -0.25) is 0 Å². The standard InChI is InChI=1S/C16H13BrClNO/c1-10(19-14-9-12(18)6-7-13(14)17)16-8-11-4-2-3-5-15(11)20-16/h2-10,19H,1H3. The highest BCUT2D eigenvalue weighted by Crippen LogP contribution is 2.31. The first kappa shape index (κ1) is 13.5. The molecule has 0 saturated carbocycles. The van der Waals surface area contributed by atoms with Crippen LogP contribution in [0.25, 0.3) is 11.0 Å². The molecule has 0 aliphatic carbocycles. The van der Waals surface area contributed by atoms with Crippen LogP contribution in [0.4, 0.5) is 5.69 Å². The lowest BCUT2D eigenvalue weighted by atomic mass is 10.2. The third kappa shape index (κ3) is 2.69. The Balaban J connectivity index is 1.88. The van der Waals surface area contributed by atoms with Crippen molar-refractivity contribution in [3.05, 3.63) is 63.8 Å². The van der Waals surface area contributed by atoms with Crippen molar-refractivity contribution in [1.82, 2.24) is 0 Å². The lowest BCUT2D eigenvalue weighted by Crippen LogP contribution is -2.05. The highest BCUT2D eigenvalue weighted by atomic mass is 79.9. The van der Waals surface area contributed by atoms with E-state index in [1.165, 1.54) is 0 Å². The largest absolute Gasteiger partial charge is 0.459 e. The van der Waals surface area contributed by atoms with Gasteiger partial charge in [0.1, 0.15) is 11.3 Å². The number of rotatable bonds is 3. The second kappa shape index (κ2) is 5.51. The monoisotopic (exact) mass is 349 g/mol. The minimum atomic E-state index is 0.0529. The molecule has 0 radical (unpaired) electrons. The van der Waals surface area contributed by atoms with Crippen molar-refractivity contribution in [3.8, 4) is 0 Å². The molecule has 102 valence electrons. The molecule has 4 heteroatoms. The van der Waals surface area contributed by atoms with Crippen LogP contribution in [-0.2, 0) is 0 Å². The lowest BCUT2D eigenvalue weighted by molar-refractivity contribution is 0.526. The fourth-order valence-corrected chi connectivity index (χ4v) is 2.66. The summed E-state index contributed by atoms with van der Waals surface area (Å²) >= 11 is 9.54.